The van der Waals surface area contributed by atoms with Crippen LogP contribution in [0.25, 0.3) is 6.08 Å². The molecule has 1 saturated heterocycles. The van der Waals surface area contributed by atoms with E-state index in [1.165, 1.54) is 19.1 Å². The highest BCUT2D eigenvalue weighted by atomic mass is 35.5. The number of rotatable bonds is 5. The van der Waals surface area contributed by atoms with Gasteiger partial charge in [0.05, 0.1) is 30.7 Å². The SMILES string of the molecule is COc1cc(/C=C2\SC(=O)N(Cc3ccc(Cl)cc3)C2=O)cc(Cl)c1OC. The second kappa shape index (κ2) is 8.25. The van der Waals surface area contributed by atoms with Gasteiger partial charge < -0.3 is 9.47 Å². The van der Waals surface area contributed by atoms with Crippen LogP contribution in [0.5, 0.6) is 11.5 Å². The van der Waals surface area contributed by atoms with Gasteiger partial charge in [0.1, 0.15) is 0 Å². The fourth-order valence-corrected chi connectivity index (χ4v) is 3.84. The van der Waals surface area contributed by atoms with Crippen molar-refractivity contribution in [1.82, 2.24) is 4.90 Å². The summed E-state index contributed by atoms with van der Waals surface area (Å²) < 4.78 is 10.5. The maximum Gasteiger partial charge on any atom is 0.293 e. The van der Waals surface area contributed by atoms with E-state index in [2.05, 4.69) is 0 Å². The molecule has 27 heavy (non-hydrogen) atoms. The number of ether oxygens (including phenoxy) is 2. The van der Waals surface area contributed by atoms with Crippen molar-refractivity contribution in [1.29, 1.82) is 0 Å². The van der Waals surface area contributed by atoms with E-state index in [1.807, 2.05) is 0 Å². The molecule has 0 saturated carbocycles. The molecule has 8 heteroatoms. The lowest BCUT2D eigenvalue weighted by molar-refractivity contribution is -0.123. The molecule has 0 spiro atoms. The van der Waals surface area contributed by atoms with E-state index in [-0.39, 0.29) is 17.7 Å². The summed E-state index contributed by atoms with van der Waals surface area (Å²) in [4.78, 5) is 26.4. The van der Waals surface area contributed by atoms with Gasteiger partial charge in [-0.2, -0.15) is 0 Å². The van der Waals surface area contributed by atoms with Crippen molar-refractivity contribution in [3.63, 3.8) is 0 Å². The summed E-state index contributed by atoms with van der Waals surface area (Å²) in [5.41, 5.74) is 1.45. The molecule has 1 aliphatic heterocycles. The third kappa shape index (κ3) is 4.24. The van der Waals surface area contributed by atoms with Crippen LogP contribution in [0.3, 0.4) is 0 Å². The lowest BCUT2D eigenvalue weighted by atomic mass is 10.1. The molecule has 0 unspecified atom stereocenters. The highest BCUT2D eigenvalue weighted by molar-refractivity contribution is 8.18. The molecule has 0 aromatic heterocycles. The third-order valence-corrected chi connectivity index (χ3v) is 5.32. The molecule has 0 atom stereocenters. The zero-order chi connectivity index (χ0) is 19.6. The van der Waals surface area contributed by atoms with E-state index in [9.17, 15) is 9.59 Å². The minimum Gasteiger partial charge on any atom is -0.493 e. The van der Waals surface area contributed by atoms with E-state index in [4.69, 9.17) is 32.7 Å². The van der Waals surface area contributed by atoms with Crippen LogP contribution in [0.2, 0.25) is 10.0 Å². The fourth-order valence-electron chi connectivity index (χ4n) is 2.58. The van der Waals surface area contributed by atoms with Gasteiger partial charge in [-0.1, -0.05) is 35.3 Å². The summed E-state index contributed by atoms with van der Waals surface area (Å²) in [5, 5.41) is 0.620. The van der Waals surface area contributed by atoms with Crippen LogP contribution in [0.4, 0.5) is 4.79 Å². The number of halogens is 2. The molecule has 140 valence electrons. The fraction of sp³-hybridized carbons (Fsp3) is 0.158. The Kier molecular flexibility index (Phi) is 5.99. The van der Waals surface area contributed by atoms with Crippen molar-refractivity contribution in [2.24, 2.45) is 0 Å². The molecule has 1 aliphatic rings. The Morgan fingerprint density at radius 1 is 1.07 bits per heavy atom. The Balaban J connectivity index is 1.86. The van der Waals surface area contributed by atoms with Gasteiger partial charge in [0.15, 0.2) is 11.5 Å². The van der Waals surface area contributed by atoms with Crippen LogP contribution < -0.4 is 9.47 Å². The number of imide groups is 1. The van der Waals surface area contributed by atoms with E-state index < -0.39 is 0 Å². The lowest BCUT2D eigenvalue weighted by Crippen LogP contribution is -2.27. The zero-order valence-electron chi connectivity index (χ0n) is 14.5. The van der Waals surface area contributed by atoms with Gasteiger partial charge in [-0.25, -0.2) is 0 Å². The van der Waals surface area contributed by atoms with Crippen LogP contribution in [-0.2, 0) is 11.3 Å². The average molecular weight is 424 g/mol. The molecule has 2 aromatic carbocycles. The van der Waals surface area contributed by atoms with Crippen molar-refractivity contribution in [3.05, 3.63) is 62.5 Å². The van der Waals surface area contributed by atoms with Crippen molar-refractivity contribution in [3.8, 4) is 11.5 Å². The number of carbonyl (C=O) groups is 2. The number of hydrogen-bond acceptors (Lipinski definition) is 5. The average Bonchev–Trinajstić information content (AvgIpc) is 2.90. The minimum absolute atomic E-state index is 0.186. The van der Waals surface area contributed by atoms with Crippen molar-refractivity contribution >= 4 is 52.2 Å². The molecular weight excluding hydrogens is 409 g/mol. The topological polar surface area (TPSA) is 55.8 Å². The predicted molar refractivity (Wildman–Crippen MR) is 108 cm³/mol. The van der Waals surface area contributed by atoms with Crippen LogP contribution in [0.15, 0.2) is 41.3 Å². The summed E-state index contributed by atoms with van der Waals surface area (Å²) in [6, 6.07) is 10.3. The second-order valence-corrected chi connectivity index (χ2v) is 7.47. The molecule has 3 rings (SSSR count). The summed E-state index contributed by atoms with van der Waals surface area (Å²) >= 11 is 13.0. The number of thioether (sulfide) groups is 1. The van der Waals surface area contributed by atoms with E-state index in [1.54, 1.807) is 42.5 Å². The van der Waals surface area contributed by atoms with E-state index >= 15 is 0 Å². The molecule has 0 radical (unpaired) electrons. The summed E-state index contributed by atoms with van der Waals surface area (Å²) in [6.07, 6.45) is 1.61. The Bertz CT molecular complexity index is 928. The van der Waals surface area contributed by atoms with Gasteiger partial charge in [-0.05, 0) is 53.2 Å². The molecule has 0 N–H and O–H groups in total. The monoisotopic (exact) mass is 423 g/mol. The first kappa shape index (κ1) is 19.6. The number of benzene rings is 2. The quantitative estimate of drug-likeness (QED) is 0.614. The lowest BCUT2D eigenvalue weighted by Gasteiger charge is -2.12. The number of carbonyl (C=O) groups excluding carboxylic acids is 2. The predicted octanol–water partition coefficient (Wildman–Crippen LogP) is 5.25. The summed E-state index contributed by atoms with van der Waals surface area (Å²) in [5.74, 6) is 0.495. The molecule has 1 heterocycles. The second-order valence-electron chi connectivity index (χ2n) is 5.63. The first-order valence-corrected chi connectivity index (χ1v) is 9.41. The first-order chi connectivity index (χ1) is 12.9. The normalized spacial score (nSPS) is 15.6. The molecule has 5 nitrogen and oxygen atoms in total. The standard InChI is InChI=1S/C19H15Cl2NO4S/c1-25-15-8-12(7-14(21)17(15)26-2)9-16-18(23)22(19(24)27-16)10-11-3-5-13(20)6-4-11/h3-9H,10H2,1-2H3/b16-9-. The Labute approximate surface area is 170 Å². The number of nitrogens with zero attached hydrogens (tertiary/aromatic N) is 1. The molecule has 2 amide bonds. The van der Waals surface area contributed by atoms with Gasteiger partial charge in [-0.3, -0.25) is 14.5 Å². The van der Waals surface area contributed by atoms with E-state index in [0.717, 1.165) is 17.3 Å². The number of hydrogen-bond donors (Lipinski definition) is 0. The van der Waals surface area contributed by atoms with Crippen molar-refractivity contribution in [2.75, 3.05) is 14.2 Å². The largest absolute Gasteiger partial charge is 0.493 e. The smallest absolute Gasteiger partial charge is 0.293 e. The third-order valence-electron chi connectivity index (χ3n) is 3.88. The maximum absolute atomic E-state index is 12.7. The zero-order valence-corrected chi connectivity index (χ0v) is 16.8. The molecule has 0 bridgehead atoms. The Morgan fingerprint density at radius 2 is 1.78 bits per heavy atom. The van der Waals surface area contributed by atoms with Gasteiger partial charge in [-0.15, -0.1) is 0 Å². The Hall–Kier alpha value is -2.15. The van der Waals surface area contributed by atoms with Crippen LogP contribution in [0.1, 0.15) is 11.1 Å². The van der Waals surface area contributed by atoms with Gasteiger partial charge in [0.25, 0.3) is 11.1 Å². The molecule has 2 aromatic rings. The van der Waals surface area contributed by atoms with Crippen LogP contribution in [0, 0.1) is 0 Å². The van der Waals surface area contributed by atoms with Crippen molar-refractivity contribution in [2.45, 2.75) is 6.54 Å². The Morgan fingerprint density at radius 3 is 2.41 bits per heavy atom. The summed E-state index contributed by atoms with van der Waals surface area (Å²) in [6.45, 7) is 0.186. The van der Waals surface area contributed by atoms with Crippen LogP contribution >= 0.6 is 35.0 Å². The molecular formula is C19H15Cl2NO4S. The van der Waals surface area contributed by atoms with Gasteiger partial charge >= 0.3 is 0 Å². The van der Waals surface area contributed by atoms with Gasteiger partial charge in [0, 0.05) is 5.02 Å². The first-order valence-electron chi connectivity index (χ1n) is 7.84. The number of amides is 2. The van der Waals surface area contributed by atoms with Crippen LogP contribution in [-0.4, -0.2) is 30.3 Å². The molecule has 0 aliphatic carbocycles. The van der Waals surface area contributed by atoms with E-state index in [0.29, 0.717) is 32.0 Å². The summed E-state index contributed by atoms with van der Waals surface area (Å²) in [7, 11) is 2.99. The maximum atomic E-state index is 12.7. The number of methoxy groups -OCH3 is 2. The molecule has 1 fully saturated rings. The highest BCUT2D eigenvalue weighted by Gasteiger charge is 2.35. The highest BCUT2D eigenvalue weighted by Crippen LogP contribution is 2.38. The minimum atomic E-state index is -0.356. The van der Waals surface area contributed by atoms with Crippen molar-refractivity contribution < 1.29 is 19.1 Å². The van der Waals surface area contributed by atoms with Gasteiger partial charge in [0.2, 0.25) is 0 Å².